The van der Waals surface area contributed by atoms with Crippen molar-refractivity contribution in [2.45, 2.75) is 47.0 Å². The topological polar surface area (TPSA) is 24.7 Å². The molecule has 0 N–H and O–H groups in total. The standard InChI is InChI=1S/C21H26N2/c1-5-6-7-19-10-14-21(15-11-19)23-18(4)17(3)22-20-12-8-16(2)9-13-20/h8-15H,5-7H2,1-4H3. The summed E-state index contributed by atoms with van der Waals surface area (Å²) >= 11 is 0. The first-order valence-corrected chi connectivity index (χ1v) is 8.35. The first kappa shape index (κ1) is 17.1. The highest BCUT2D eigenvalue weighted by atomic mass is 14.8. The van der Waals surface area contributed by atoms with Gasteiger partial charge in [0.25, 0.3) is 0 Å². The van der Waals surface area contributed by atoms with E-state index >= 15 is 0 Å². The molecule has 0 unspecified atom stereocenters. The normalized spacial score (nSPS) is 12.5. The SMILES string of the molecule is CCCCc1ccc(N=C(C)C(C)=Nc2ccc(C)cc2)cc1. The molecule has 23 heavy (non-hydrogen) atoms. The Morgan fingerprint density at radius 1 is 0.783 bits per heavy atom. The minimum absolute atomic E-state index is 0.948. The zero-order chi connectivity index (χ0) is 16.7. The molecule has 0 atom stereocenters. The van der Waals surface area contributed by atoms with Gasteiger partial charge >= 0.3 is 0 Å². The molecule has 0 aliphatic heterocycles. The van der Waals surface area contributed by atoms with Crippen molar-refractivity contribution < 1.29 is 0 Å². The third kappa shape index (κ3) is 5.48. The van der Waals surface area contributed by atoms with E-state index in [0.717, 1.165) is 29.2 Å². The molecule has 0 fully saturated rings. The molecule has 2 aromatic carbocycles. The summed E-state index contributed by atoms with van der Waals surface area (Å²) in [6.07, 6.45) is 3.62. The van der Waals surface area contributed by atoms with Crippen molar-refractivity contribution in [2.75, 3.05) is 0 Å². The van der Waals surface area contributed by atoms with Crippen molar-refractivity contribution in [2.24, 2.45) is 9.98 Å². The Labute approximate surface area is 140 Å². The van der Waals surface area contributed by atoms with Crippen LogP contribution in [-0.4, -0.2) is 11.4 Å². The van der Waals surface area contributed by atoms with E-state index in [9.17, 15) is 0 Å². The van der Waals surface area contributed by atoms with Crippen LogP contribution in [0.5, 0.6) is 0 Å². The molecule has 120 valence electrons. The quantitative estimate of drug-likeness (QED) is 0.566. The molecule has 0 aromatic heterocycles. The monoisotopic (exact) mass is 306 g/mol. The summed E-state index contributed by atoms with van der Waals surface area (Å²) in [5.41, 5.74) is 6.48. The van der Waals surface area contributed by atoms with Gasteiger partial charge in [-0.05, 0) is 63.4 Å². The highest BCUT2D eigenvalue weighted by Crippen LogP contribution is 2.17. The fourth-order valence-corrected chi connectivity index (χ4v) is 2.29. The second kappa shape index (κ2) is 8.42. The van der Waals surface area contributed by atoms with E-state index in [1.54, 1.807) is 0 Å². The predicted molar refractivity (Wildman–Crippen MR) is 102 cm³/mol. The summed E-state index contributed by atoms with van der Waals surface area (Å²) in [5.74, 6) is 0. The van der Waals surface area contributed by atoms with Crippen LogP contribution in [0.4, 0.5) is 11.4 Å². The minimum atomic E-state index is 0.948. The number of aryl methyl sites for hydroxylation is 2. The van der Waals surface area contributed by atoms with E-state index < -0.39 is 0 Å². The second-order valence-electron chi connectivity index (χ2n) is 6.00. The molecule has 2 rings (SSSR count). The lowest BCUT2D eigenvalue weighted by atomic mass is 10.1. The number of hydrogen-bond donors (Lipinski definition) is 0. The summed E-state index contributed by atoms with van der Waals surface area (Å²) < 4.78 is 0. The van der Waals surface area contributed by atoms with Crippen LogP contribution in [0, 0.1) is 6.92 Å². The summed E-state index contributed by atoms with van der Waals surface area (Å²) in [5, 5.41) is 0. The number of unbranched alkanes of at least 4 members (excludes halogenated alkanes) is 1. The molecule has 2 heteroatoms. The summed E-state index contributed by atoms with van der Waals surface area (Å²) in [6.45, 7) is 8.32. The van der Waals surface area contributed by atoms with E-state index in [-0.39, 0.29) is 0 Å². The van der Waals surface area contributed by atoms with Crippen LogP contribution in [0.25, 0.3) is 0 Å². The lowest BCUT2D eigenvalue weighted by Crippen LogP contribution is -2.04. The Bertz CT molecular complexity index is 677. The maximum atomic E-state index is 4.68. The summed E-state index contributed by atoms with van der Waals surface area (Å²) in [7, 11) is 0. The fraction of sp³-hybridized carbons (Fsp3) is 0.333. The number of aliphatic imine (C=N–C) groups is 2. The number of rotatable bonds is 6. The average Bonchev–Trinajstić information content (AvgIpc) is 2.56. The van der Waals surface area contributed by atoms with Crippen LogP contribution in [0.15, 0.2) is 58.5 Å². The second-order valence-corrected chi connectivity index (χ2v) is 6.00. The molecule has 0 aliphatic carbocycles. The smallest absolute Gasteiger partial charge is 0.0633 e. The molecule has 0 bridgehead atoms. The van der Waals surface area contributed by atoms with E-state index in [0.29, 0.717) is 0 Å². The maximum Gasteiger partial charge on any atom is 0.0633 e. The van der Waals surface area contributed by atoms with Gasteiger partial charge in [-0.3, -0.25) is 9.98 Å². The third-order valence-electron chi connectivity index (χ3n) is 3.91. The molecule has 0 saturated carbocycles. The van der Waals surface area contributed by atoms with Crippen molar-refractivity contribution >= 4 is 22.8 Å². The van der Waals surface area contributed by atoms with Gasteiger partial charge < -0.3 is 0 Å². The van der Waals surface area contributed by atoms with Gasteiger partial charge in [-0.15, -0.1) is 0 Å². The Morgan fingerprint density at radius 2 is 1.26 bits per heavy atom. The molecule has 0 heterocycles. The van der Waals surface area contributed by atoms with Gasteiger partial charge in [0.15, 0.2) is 0 Å². The van der Waals surface area contributed by atoms with Crippen molar-refractivity contribution in [3.05, 3.63) is 59.7 Å². The van der Waals surface area contributed by atoms with Crippen LogP contribution in [0.1, 0.15) is 44.7 Å². The van der Waals surface area contributed by atoms with E-state index in [4.69, 9.17) is 0 Å². The van der Waals surface area contributed by atoms with Crippen molar-refractivity contribution in [1.82, 2.24) is 0 Å². The highest BCUT2D eigenvalue weighted by molar-refractivity contribution is 6.41. The number of hydrogen-bond acceptors (Lipinski definition) is 2. The third-order valence-corrected chi connectivity index (χ3v) is 3.91. The first-order chi connectivity index (χ1) is 11.1. The summed E-state index contributed by atoms with van der Waals surface area (Å²) in [4.78, 5) is 9.32. The molecule has 0 spiro atoms. The predicted octanol–water partition coefficient (Wildman–Crippen LogP) is 6.22. The van der Waals surface area contributed by atoms with Crippen molar-refractivity contribution in [3.63, 3.8) is 0 Å². The fourth-order valence-electron chi connectivity index (χ4n) is 2.29. The van der Waals surface area contributed by atoms with Crippen LogP contribution in [0.2, 0.25) is 0 Å². The maximum absolute atomic E-state index is 4.68. The van der Waals surface area contributed by atoms with Gasteiger partial charge in [0.05, 0.1) is 22.8 Å². The molecular formula is C21H26N2. The summed E-state index contributed by atoms with van der Waals surface area (Å²) in [6, 6.07) is 16.8. The van der Waals surface area contributed by atoms with Gasteiger partial charge in [0.1, 0.15) is 0 Å². The Balaban J connectivity index is 2.10. The molecule has 2 nitrogen and oxygen atoms in total. The molecule has 0 amide bonds. The van der Waals surface area contributed by atoms with Gasteiger partial charge in [-0.1, -0.05) is 43.2 Å². The van der Waals surface area contributed by atoms with Crippen LogP contribution < -0.4 is 0 Å². The lowest BCUT2D eigenvalue weighted by molar-refractivity contribution is 0.795. The molecular weight excluding hydrogens is 280 g/mol. The van der Waals surface area contributed by atoms with Crippen molar-refractivity contribution in [1.29, 1.82) is 0 Å². The number of nitrogens with zero attached hydrogens (tertiary/aromatic N) is 2. The Morgan fingerprint density at radius 3 is 1.74 bits per heavy atom. The highest BCUT2D eigenvalue weighted by Gasteiger charge is 2.00. The molecule has 0 aliphatic rings. The van der Waals surface area contributed by atoms with E-state index in [1.165, 1.54) is 24.0 Å². The minimum Gasteiger partial charge on any atom is -0.252 e. The Kier molecular flexibility index (Phi) is 6.28. The van der Waals surface area contributed by atoms with Crippen LogP contribution in [0.3, 0.4) is 0 Å². The molecule has 2 aromatic rings. The van der Waals surface area contributed by atoms with Crippen LogP contribution in [-0.2, 0) is 6.42 Å². The lowest BCUT2D eigenvalue weighted by Gasteiger charge is -2.03. The number of benzene rings is 2. The molecule has 0 radical (unpaired) electrons. The first-order valence-electron chi connectivity index (χ1n) is 8.35. The van der Waals surface area contributed by atoms with Gasteiger partial charge in [-0.25, -0.2) is 0 Å². The van der Waals surface area contributed by atoms with Gasteiger partial charge in [0, 0.05) is 0 Å². The van der Waals surface area contributed by atoms with Gasteiger partial charge in [-0.2, -0.15) is 0 Å². The van der Waals surface area contributed by atoms with E-state index in [2.05, 4.69) is 60.2 Å². The largest absolute Gasteiger partial charge is 0.252 e. The Hall–Kier alpha value is -2.22. The molecule has 0 saturated heterocycles. The van der Waals surface area contributed by atoms with Crippen LogP contribution >= 0.6 is 0 Å². The zero-order valence-electron chi connectivity index (χ0n) is 14.6. The van der Waals surface area contributed by atoms with Crippen molar-refractivity contribution in [3.8, 4) is 0 Å². The van der Waals surface area contributed by atoms with E-state index in [1.807, 2.05) is 26.0 Å². The van der Waals surface area contributed by atoms with Gasteiger partial charge in [0.2, 0.25) is 0 Å². The average molecular weight is 306 g/mol. The zero-order valence-corrected chi connectivity index (χ0v) is 14.6.